The third-order valence-corrected chi connectivity index (χ3v) is 3.41. The molecule has 1 aromatic carbocycles. The molecule has 0 radical (unpaired) electrons. The van der Waals surface area contributed by atoms with Gasteiger partial charge in [-0.2, -0.15) is 0 Å². The second-order valence-electron chi connectivity index (χ2n) is 4.72. The smallest absolute Gasteiger partial charge is 0.360 e. The largest absolute Gasteiger partial charge is 0.487 e. The van der Waals surface area contributed by atoms with Crippen molar-refractivity contribution in [2.24, 2.45) is 0 Å². The molecule has 5 heteroatoms. The van der Waals surface area contributed by atoms with Gasteiger partial charge < -0.3 is 9.84 Å². The minimum atomic E-state index is -1.11. The molecule has 1 aromatic heterocycles. The van der Waals surface area contributed by atoms with Crippen molar-refractivity contribution < 1.29 is 14.6 Å². The zero-order valence-electron chi connectivity index (χ0n) is 10.4. The molecule has 1 N–H and O–H groups in total. The van der Waals surface area contributed by atoms with Gasteiger partial charge in [-0.25, -0.2) is 4.79 Å². The van der Waals surface area contributed by atoms with Crippen LogP contribution in [0.25, 0.3) is 10.9 Å². The van der Waals surface area contributed by atoms with Crippen molar-refractivity contribution in [1.29, 1.82) is 0 Å². The van der Waals surface area contributed by atoms with E-state index >= 15 is 0 Å². The van der Waals surface area contributed by atoms with E-state index in [1.807, 2.05) is 18.2 Å². The molecule has 0 amide bonds. The Balaban J connectivity index is 2.10. The van der Waals surface area contributed by atoms with Crippen molar-refractivity contribution in [2.75, 3.05) is 0 Å². The lowest BCUT2D eigenvalue weighted by Crippen LogP contribution is -2.15. The van der Waals surface area contributed by atoms with E-state index in [0.29, 0.717) is 16.7 Å². The van der Waals surface area contributed by atoms with Crippen LogP contribution in [0.3, 0.4) is 0 Å². The highest BCUT2D eigenvalue weighted by molar-refractivity contribution is 5.96. The number of fused-ring (bicyclic) bond motifs is 1. The monoisotopic (exact) mass is 258 g/mol. The highest BCUT2D eigenvalue weighted by atomic mass is 16.5. The van der Waals surface area contributed by atoms with Crippen LogP contribution in [-0.2, 0) is 0 Å². The number of carbonyl (C=O) groups is 1. The van der Waals surface area contributed by atoms with Crippen LogP contribution < -0.4 is 4.74 Å². The van der Waals surface area contributed by atoms with Crippen molar-refractivity contribution in [3.05, 3.63) is 30.0 Å². The molecule has 2 aromatic rings. The van der Waals surface area contributed by atoms with Crippen LogP contribution in [0, 0.1) is 0 Å². The highest BCUT2D eigenvalue weighted by Crippen LogP contribution is 2.31. The molecule has 0 bridgehead atoms. The zero-order chi connectivity index (χ0) is 13.2. The van der Waals surface area contributed by atoms with E-state index in [0.717, 1.165) is 25.7 Å². The first-order valence-corrected chi connectivity index (χ1v) is 6.41. The summed E-state index contributed by atoms with van der Waals surface area (Å²) in [6.45, 7) is 0. The van der Waals surface area contributed by atoms with E-state index in [1.165, 1.54) is 0 Å². The third kappa shape index (κ3) is 2.23. The molecule has 0 unspecified atom stereocenters. The van der Waals surface area contributed by atoms with E-state index in [2.05, 4.69) is 10.2 Å². The van der Waals surface area contributed by atoms with Gasteiger partial charge in [0.05, 0.1) is 11.6 Å². The Labute approximate surface area is 110 Å². The van der Waals surface area contributed by atoms with Crippen molar-refractivity contribution in [2.45, 2.75) is 31.8 Å². The fourth-order valence-electron chi connectivity index (χ4n) is 2.46. The van der Waals surface area contributed by atoms with Gasteiger partial charge in [0, 0.05) is 5.39 Å². The zero-order valence-corrected chi connectivity index (χ0v) is 10.4. The minimum Gasteiger partial charge on any atom is -0.487 e. The number of nitrogens with zero attached hydrogens (tertiary/aromatic N) is 2. The number of hydrogen-bond donors (Lipinski definition) is 1. The minimum absolute atomic E-state index is 0.0886. The molecule has 19 heavy (non-hydrogen) atoms. The fourth-order valence-corrected chi connectivity index (χ4v) is 2.46. The molecule has 1 heterocycles. The molecule has 1 aliphatic carbocycles. The van der Waals surface area contributed by atoms with Crippen LogP contribution in [0.1, 0.15) is 36.2 Å². The first-order chi connectivity index (χ1) is 9.25. The Bertz CT molecular complexity index is 621. The third-order valence-electron chi connectivity index (χ3n) is 3.41. The molecular formula is C14H14N2O3. The van der Waals surface area contributed by atoms with Crippen LogP contribution in [0.2, 0.25) is 0 Å². The normalized spacial score (nSPS) is 15.8. The summed E-state index contributed by atoms with van der Waals surface area (Å²) in [5.74, 6) is -0.753. The van der Waals surface area contributed by atoms with E-state index in [4.69, 9.17) is 4.74 Å². The number of hydrogen-bond acceptors (Lipinski definition) is 4. The molecule has 5 nitrogen and oxygen atoms in total. The summed E-state index contributed by atoms with van der Waals surface area (Å²) in [5.41, 5.74) is 0.547. The van der Waals surface area contributed by atoms with Gasteiger partial charge in [-0.15, -0.1) is 10.2 Å². The first-order valence-electron chi connectivity index (χ1n) is 6.41. The van der Waals surface area contributed by atoms with Gasteiger partial charge in [0.1, 0.15) is 0 Å². The van der Waals surface area contributed by atoms with Crippen LogP contribution >= 0.6 is 0 Å². The van der Waals surface area contributed by atoms with Crippen molar-refractivity contribution in [3.63, 3.8) is 0 Å². The van der Waals surface area contributed by atoms with Crippen molar-refractivity contribution in [3.8, 4) is 5.75 Å². The van der Waals surface area contributed by atoms with Crippen molar-refractivity contribution in [1.82, 2.24) is 10.2 Å². The number of carboxylic acids is 1. The van der Waals surface area contributed by atoms with Gasteiger partial charge in [-0.1, -0.05) is 12.1 Å². The fraction of sp³-hybridized carbons (Fsp3) is 0.357. The second kappa shape index (κ2) is 4.84. The van der Waals surface area contributed by atoms with Crippen LogP contribution in [-0.4, -0.2) is 27.4 Å². The highest BCUT2D eigenvalue weighted by Gasteiger charge is 2.23. The van der Waals surface area contributed by atoms with Gasteiger partial charge in [0.25, 0.3) is 0 Å². The summed E-state index contributed by atoms with van der Waals surface area (Å²) >= 11 is 0. The molecule has 1 fully saturated rings. The average molecular weight is 258 g/mol. The van der Waals surface area contributed by atoms with Crippen LogP contribution in [0.4, 0.5) is 0 Å². The number of ether oxygens (including phenoxy) is 1. The molecule has 0 spiro atoms. The second-order valence-corrected chi connectivity index (χ2v) is 4.72. The van der Waals surface area contributed by atoms with Crippen LogP contribution in [0.5, 0.6) is 5.75 Å². The molecule has 0 saturated heterocycles. The lowest BCUT2D eigenvalue weighted by molar-refractivity contribution is 0.0681. The van der Waals surface area contributed by atoms with Gasteiger partial charge in [-0.3, -0.25) is 0 Å². The summed E-state index contributed by atoms with van der Waals surface area (Å²) < 4.78 is 5.90. The van der Waals surface area contributed by atoms with Crippen LogP contribution in [0.15, 0.2) is 24.3 Å². The van der Waals surface area contributed by atoms with Crippen molar-refractivity contribution >= 4 is 16.9 Å². The summed E-state index contributed by atoms with van der Waals surface area (Å²) in [5, 5.41) is 17.6. The number of carboxylic acid groups (broad SMARTS) is 1. The van der Waals surface area contributed by atoms with Gasteiger partial charge in [0.2, 0.25) is 5.69 Å². The SMILES string of the molecule is O=C(O)c1nnc2ccccc2c1OC1CCCC1. The predicted octanol–water partition coefficient (Wildman–Crippen LogP) is 2.65. The Hall–Kier alpha value is -2.17. The van der Waals surface area contributed by atoms with E-state index in [1.54, 1.807) is 6.07 Å². The van der Waals surface area contributed by atoms with Gasteiger partial charge in [-0.05, 0) is 37.8 Å². The summed E-state index contributed by atoms with van der Waals surface area (Å²) in [4.78, 5) is 11.3. The number of aromatic nitrogens is 2. The quantitative estimate of drug-likeness (QED) is 0.916. The molecule has 98 valence electrons. The standard InChI is InChI=1S/C14H14N2O3/c17-14(18)12-13(19-9-5-1-2-6-9)10-7-3-4-8-11(10)15-16-12/h3-4,7-9H,1-2,5-6H2,(H,17,18). The lowest BCUT2D eigenvalue weighted by atomic mass is 10.2. The molecular weight excluding hydrogens is 244 g/mol. The summed E-state index contributed by atoms with van der Waals surface area (Å²) in [7, 11) is 0. The van der Waals surface area contributed by atoms with E-state index in [9.17, 15) is 9.90 Å². The average Bonchev–Trinajstić information content (AvgIpc) is 2.92. The number of rotatable bonds is 3. The molecule has 1 saturated carbocycles. The summed E-state index contributed by atoms with van der Waals surface area (Å²) in [6, 6.07) is 7.31. The molecule has 0 aliphatic heterocycles. The lowest BCUT2D eigenvalue weighted by Gasteiger charge is -2.15. The maximum absolute atomic E-state index is 11.3. The maximum Gasteiger partial charge on any atom is 0.360 e. The Morgan fingerprint density at radius 1 is 1.21 bits per heavy atom. The van der Waals surface area contributed by atoms with E-state index < -0.39 is 5.97 Å². The molecule has 0 atom stereocenters. The number of benzene rings is 1. The topological polar surface area (TPSA) is 72.3 Å². The molecule has 1 aliphatic rings. The van der Waals surface area contributed by atoms with Gasteiger partial charge >= 0.3 is 5.97 Å². The number of aromatic carboxylic acids is 1. The first kappa shape index (κ1) is 11.9. The molecule has 3 rings (SSSR count). The Morgan fingerprint density at radius 2 is 1.95 bits per heavy atom. The van der Waals surface area contributed by atoms with E-state index in [-0.39, 0.29) is 11.8 Å². The Morgan fingerprint density at radius 3 is 2.68 bits per heavy atom. The van der Waals surface area contributed by atoms with Gasteiger partial charge in [0.15, 0.2) is 5.75 Å². The summed E-state index contributed by atoms with van der Waals surface area (Å²) in [6.07, 6.45) is 4.28. The Kier molecular flexibility index (Phi) is 3.03. The predicted molar refractivity (Wildman–Crippen MR) is 69.4 cm³/mol. The maximum atomic E-state index is 11.3.